The van der Waals surface area contributed by atoms with Crippen molar-refractivity contribution >= 4 is 16.0 Å². The van der Waals surface area contributed by atoms with E-state index in [1.165, 1.54) is 24.3 Å². The van der Waals surface area contributed by atoms with Crippen molar-refractivity contribution < 1.29 is 22.7 Å². The van der Waals surface area contributed by atoms with E-state index in [4.69, 9.17) is 9.47 Å². The van der Waals surface area contributed by atoms with Gasteiger partial charge in [-0.3, -0.25) is 4.98 Å². The number of ether oxygens (including phenoxy) is 2. The Bertz CT molecular complexity index is 1080. The van der Waals surface area contributed by atoms with E-state index >= 15 is 0 Å². The van der Waals surface area contributed by atoms with Crippen molar-refractivity contribution in [2.24, 2.45) is 0 Å². The second-order valence-corrected chi connectivity index (χ2v) is 7.77. The van der Waals surface area contributed by atoms with E-state index in [0.29, 0.717) is 17.1 Å². The van der Waals surface area contributed by atoms with Gasteiger partial charge in [0.2, 0.25) is 10.0 Å². The molecule has 0 atom stereocenters. The Labute approximate surface area is 169 Å². The van der Waals surface area contributed by atoms with Gasteiger partial charge in [-0.05, 0) is 36.4 Å². The second-order valence-electron chi connectivity index (χ2n) is 6.00. The van der Waals surface area contributed by atoms with Crippen LogP contribution in [0.5, 0.6) is 11.5 Å². The molecule has 1 aromatic heterocycles. The van der Waals surface area contributed by atoms with Crippen molar-refractivity contribution in [3.63, 3.8) is 0 Å². The number of carbonyl (C=O) groups is 1. The van der Waals surface area contributed by atoms with Gasteiger partial charge in [0.05, 0.1) is 16.7 Å². The third-order valence-corrected chi connectivity index (χ3v) is 5.45. The Morgan fingerprint density at radius 2 is 1.90 bits per heavy atom. The molecule has 0 aliphatic heterocycles. The Kier molecular flexibility index (Phi) is 6.58. The van der Waals surface area contributed by atoms with Crippen LogP contribution in [-0.2, 0) is 21.4 Å². The molecule has 8 heteroatoms. The van der Waals surface area contributed by atoms with Gasteiger partial charge in [-0.25, -0.2) is 17.9 Å². The number of nitrogens with zero attached hydrogens (tertiary/aromatic N) is 1. The minimum absolute atomic E-state index is 0.00844. The summed E-state index contributed by atoms with van der Waals surface area (Å²) in [6, 6.07) is 16.4. The summed E-state index contributed by atoms with van der Waals surface area (Å²) in [4.78, 5) is 16.4. The van der Waals surface area contributed by atoms with Gasteiger partial charge in [0.25, 0.3) is 0 Å². The van der Waals surface area contributed by atoms with Gasteiger partial charge in [0.1, 0.15) is 18.1 Å². The van der Waals surface area contributed by atoms with Gasteiger partial charge in [0.15, 0.2) is 0 Å². The van der Waals surface area contributed by atoms with Crippen LogP contribution in [0.4, 0.5) is 0 Å². The summed E-state index contributed by atoms with van der Waals surface area (Å²) in [6.07, 6.45) is 3.23. The molecule has 0 bridgehead atoms. The van der Waals surface area contributed by atoms with E-state index in [9.17, 15) is 13.2 Å². The van der Waals surface area contributed by atoms with Crippen LogP contribution in [-0.4, -0.2) is 25.9 Å². The number of benzene rings is 2. The molecule has 0 amide bonds. The van der Waals surface area contributed by atoms with E-state index in [1.807, 2.05) is 12.1 Å². The predicted molar refractivity (Wildman–Crippen MR) is 107 cm³/mol. The standard InChI is InChI=1S/C21H20N2O5S/c1-2-23-29(25,26)19-10-5-8-16(13-19)21(24)27-15-17-7-3-4-11-20(17)28-18-9-6-12-22-14-18/h3-14,23H,2,15H2,1H3. The number of pyridine rings is 1. The molecule has 0 aliphatic rings. The lowest BCUT2D eigenvalue weighted by Crippen LogP contribution is -2.23. The van der Waals surface area contributed by atoms with E-state index < -0.39 is 16.0 Å². The number of aromatic nitrogens is 1. The molecule has 150 valence electrons. The fraction of sp³-hybridized carbons (Fsp3) is 0.143. The molecule has 0 saturated carbocycles. The number of sulfonamides is 1. The largest absolute Gasteiger partial charge is 0.457 e. The van der Waals surface area contributed by atoms with Crippen LogP contribution in [0.1, 0.15) is 22.8 Å². The summed E-state index contributed by atoms with van der Waals surface area (Å²) in [5, 5.41) is 0. The summed E-state index contributed by atoms with van der Waals surface area (Å²) in [5.74, 6) is 0.471. The fourth-order valence-corrected chi connectivity index (χ4v) is 3.63. The van der Waals surface area contributed by atoms with Crippen molar-refractivity contribution in [2.45, 2.75) is 18.4 Å². The lowest BCUT2D eigenvalue weighted by atomic mass is 10.2. The number of nitrogens with one attached hydrogen (secondary N) is 1. The Hall–Kier alpha value is -3.23. The molecule has 3 aromatic rings. The number of hydrogen-bond acceptors (Lipinski definition) is 6. The molecule has 2 aromatic carbocycles. The van der Waals surface area contributed by atoms with Gasteiger partial charge in [-0.1, -0.05) is 31.2 Å². The summed E-state index contributed by atoms with van der Waals surface area (Å²) < 4.78 is 37.8. The van der Waals surface area contributed by atoms with Crippen LogP contribution in [0.3, 0.4) is 0 Å². The maximum Gasteiger partial charge on any atom is 0.338 e. The Morgan fingerprint density at radius 1 is 1.07 bits per heavy atom. The molecule has 3 rings (SSSR count). The maximum absolute atomic E-state index is 12.4. The molecule has 1 N–H and O–H groups in total. The van der Waals surface area contributed by atoms with Gasteiger partial charge in [-0.2, -0.15) is 0 Å². The SMILES string of the molecule is CCNS(=O)(=O)c1cccc(C(=O)OCc2ccccc2Oc2cccnc2)c1. The zero-order valence-corrected chi connectivity index (χ0v) is 16.6. The zero-order valence-electron chi connectivity index (χ0n) is 15.7. The molecule has 1 heterocycles. The molecule has 0 spiro atoms. The first-order valence-corrected chi connectivity index (χ1v) is 10.4. The summed E-state index contributed by atoms with van der Waals surface area (Å²) >= 11 is 0. The number of hydrogen-bond donors (Lipinski definition) is 1. The Balaban J connectivity index is 1.72. The molecule has 0 unspecified atom stereocenters. The topological polar surface area (TPSA) is 94.6 Å². The first-order valence-electron chi connectivity index (χ1n) is 8.92. The summed E-state index contributed by atoms with van der Waals surface area (Å²) in [6.45, 7) is 1.91. The number of carbonyl (C=O) groups excluding carboxylic acids is 1. The van der Waals surface area contributed by atoms with E-state index in [1.54, 1.807) is 43.6 Å². The molecular formula is C21H20N2O5S. The van der Waals surface area contributed by atoms with Crippen molar-refractivity contribution in [1.82, 2.24) is 9.71 Å². The highest BCUT2D eigenvalue weighted by Gasteiger charge is 2.16. The second kappa shape index (κ2) is 9.31. The zero-order chi connectivity index (χ0) is 20.7. The predicted octanol–water partition coefficient (Wildman–Crippen LogP) is 3.53. The van der Waals surface area contributed by atoms with Crippen LogP contribution in [0, 0.1) is 0 Å². The molecule has 0 radical (unpaired) electrons. The van der Waals surface area contributed by atoms with Crippen molar-refractivity contribution in [1.29, 1.82) is 0 Å². The highest BCUT2D eigenvalue weighted by Crippen LogP contribution is 2.25. The fourth-order valence-electron chi connectivity index (χ4n) is 2.55. The van der Waals surface area contributed by atoms with Gasteiger partial charge in [-0.15, -0.1) is 0 Å². The van der Waals surface area contributed by atoms with Crippen LogP contribution in [0.15, 0.2) is 78.0 Å². The molecule has 0 fully saturated rings. The smallest absolute Gasteiger partial charge is 0.338 e. The molecule has 7 nitrogen and oxygen atoms in total. The average molecular weight is 412 g/mol. The normalized spacial score (nSPS) is 11.1. The molecule has 0 saturated heterocycles. The quantitative estimate of drug-likeness (QED) is 0.569. The van der Waals surface area contributed by atoms with E-state index in [-0.39, 0.29) is 23.6 Å². The number of para-hydroxylation sites is 1. The monoisotopic (exact) mass is 412 g/mol. The van der Waals surface area contributed by atoms with E-state index in [2.05, 4.69) is 9.71 Å². The highest BCUT2D eigenvalue weighted by molar-refractivity contribution is 7.89. The summed E-state index contributed by atoms with van der Waals surface area (Å²) in [7, 11) is -3.66. The lowest BCUT2D eigenvalue weighted by molar-refractivity contribution is 0.0470. The molecular weight excluding hydrogens is 392 g/mol. The van der Waals surface area contributed by atoms with Crippen molar-refractivity contribution in [3.05, 3.63) is 84.2 Å². The van der Waals surface area contributed by atoms with Crippen LogP contribution in [0.25, 0.3) is 0 Å². The molecule has 29 heavy (non-hydrogen) atoms. The first kappa shape index (κ1) is 20.5. The van der Waals surface area contributed by atoms with Crippen molar-refractivity contribution in [3.8, 4) is 11.5 Å². The highest BCUT2D eigenvalue weighted by atomic mass is 32.2. The number of esters is 1. The van der Waals surface area contributed by atoms with Crippen LogP contribution >= 0.6 is 0 Å². The van der Waals surface area contributed by atoms with Crippen molar-refractivity contribution in [2.75, 3.05) is 6.54 Å². The number of rotatable bonds is 8. The lowest BCUT2D eigenvalue weighted by Gasteiger charge is -2.12. The van der Waals surface area contributed by atoms with E-state index in [0.717, 1.165) is 0 Å². The molecule has 0 aliphatic carbocycles. The average Bonchev–Trinajstić information content (AvgIpc) is 2.74. The van der Waals surface area contributed by atoms with Crippen LogP contribution < -0.4 is 9.46 Å². The minimum Gasteiger partial charge on any atom is -0.457 e. The van der Waals surface area contributed by atoms with Crippen LogP contribution in [0.2, 0.25) is 0 Å². The minimum atomic E-state index is -3.66. The third-order valence-electron chi connectivity index (χ3n) is 3.91. The maximum atomic E-state index is 12.4. The third kappa shape index (κ3) is 5.40. The summed E-state index contributed by atoms with van der Waals surface area (Å²) in [5.41, 5.74) is 0.816. The van der Waals surface area contributed by atoms with Gasteiger partial charge < -0.3 is 9.47 Å². The van der Waals surface area contributed by atoms with Gasteiger partial charge >= 0.3 is 5.97 Å². The first-order chi connectivity index (χ1) is 14.0. The van der Waals surface area contributed by atoms with Gasteiger partial charge in [0, 0.05) is 18.3 Å². The Morgan fingerprint density at radius 3 is 2.66 bits per heavy atom.